The van der Waals surface area contributed by atoms with E-state index in [1.807, 2.05) is 13.0 Å². The molecule has 2 nitrogen and oxygen atoms in total. The van der Waals surface area contributed by atoms with Gasteiger partial charge in [0.2, 0.25) is 0 Å². The van der Waals surface area contributed by atoms with Gasteiger partial charge in [-0.3, -0.25) is 4.48 Å². The zero-order valence-corrected chi connectivity index (χ0v) is 9.01. The Hall–Kier alpha value is -0.0500. The number of halogens is 1. The first-order valence-electron chi connectivity index (χ1n) is 4.27. The molecule has 0 saturated carbocycles. The lowest BCUT2D eigenvalue weighted by molar-refractivity contribution is -0.961. The van der Waals surface area contributed by atoms with Gasteiger partial charge in [-0.05, 0) is 19.9 Å². The fourth-order valence-corrected chi connectivity index (χ4v) is 1.42. The molecule has 0 fully saturated rings. The first kappa shape index (κ1) is 14.5. The summed E-state index contributed by atoms with van der Waals surface area (Å²) in [5.41, 5.74) is 0. The van der Waals surface area contributed by atoms with E-state index in [2.05, 4.69) is 20.4 Å². The Balaban J connectivity index is 0. The van der Waals surface area contributed by atoms with Gasteiger partial charge in [0, 0.05) is 6.92 Å². The van der Waals surface area contributed by atoms with Crippen LogP contribution in [0.2, 0.25) is 0 Å². The molecule has 74 valence electrons. The van der Waals surface area contributed by atoms with E-state index < -0.39 is 0 Å². The van der Waals surface area contributed by atoms with Crippen LogP contribution in [0.1, 0.15) is 20.8 Å². The lowest BCUT2D eigenvalue weighted by atomic mass is 10.3. The lowest BCUT2D eigenvalue weighted by Crippen LogP contribution is -3.00. The Labute approximate surface area is 81.9 Å². The molecule has 0 amide bonds. The second-order valence-electron chi connectivity index (χ2n) is 2.95. The van der Waals surface area contributed by atoms with Crippen LogP contribution in [0, 0.1) is 0 Å². The SMILES string of the molecule is C=CC[N+](CC)(CC)C(C)O.[Cl-]. The maximum absolute atomic E-state index is 9.52. The van der Waals surface area contributed by atoms with Gasteiger partial charge in [-0.1, -0.05) is 6.58 Å². The summed E-state index contributed by atoms with van der Waals surface area (Å²) < 4.78 is 0.726. The summed E-state index contributed by atoms with van der Waals surface area (Å²) >= 11 is 0. The molecule has 1 N–H and O–H groups in total. The van der Waals surface area contributed by atoms with Crippen molar-refractivity contribution < 1.29 is 22.0 Å². The number of quaternary nitrogens is 1. The van der Waals surface area contributed by atoms with Crippen LogP contribution in [0.3, 0.4) is 0 Å². The van der Waals surface area contributed by atoms with Crippen LogP contribution in [0.5, 0.6) is 0 Å². The van der Waals surface area contributed by atoms with E-state index in [-0.39, 0.29) is 18.6 Å². The molecular weight excluding hydrogens is 174 g/mol. The number of aliphatic hydroxyl groups excluding tert-OH is 1. The van der Waals surface area contributed by atoms with Crippen LogP contribution >= 0.6 is 0 Å². The molecule has 1 unspecified atom stereocenters. The zero-order chi connectivity index (χ0) is 8.91. The van der Waals surface area contributed by atoms with Crippen molar-refractivity contribution in [1.82, 2.24) is 0 Å². The molecule has 12 heavy (non-hydrogen) atoms. The summed E-state index contributed by atoms with van der Waals surface area (Å²) in [4.78, 5) is 0. The summed E-state index contributed by atoms with van der Waals surface area (Å²) in [6.45, 7) is 12.5. The molecule has 3 heteroatoms. The van der Waals surface area contributed by atoms with Crippen LogP contribution in [0.15, 0.2) is 12.7 Å². The molecule has 0 aromatic carbocycles. The van der Waals surface area contributed by atoms with E-state index in [9.17, 15) is 5.11 Å². The van der Waals surface area contributed by atoms with E-state index in [0.29, 0.717) is 0 Å². The fourth-order valence-electron chi connectivity index (χ4n) is 1.42. The maximum Gasteiger partial charge on any atom is 0.187 e. The molecule has 0 aliphatic rings. The Morgan fingerprint density at radius 3 is 1.92 bits per heavy atom. The third kappa shape index (κ3) is 3.13. The van der Waals surface area contributed by atoms with Crippen molar-refractivity contribution in [2.75, 3.05) is 19.6 Å². The Morgan fingerprint density at radius 1 is 1.42 bits per heavy atom. The van der Waals surface area contributed by atoms with Crippen molar-refractivity contribution >= 4 is 0 Å². The second-order valence-corrected chi connectivity index (χ2v) is 2.95. The van der Waals surface area contributed by atoms with Crippen LogP contribution in [-0.2, 0) is 0 Å². The largest absolute Gasteiger partial charge is 1.00 e. The molecule has 0 rings (SSSR count). The first-order valence-corrected chi connectivity index (χ1v) is 4.27. The van der Waals surface area contributed by atoms with Crippen molar-refractivity contribution in [2.45, 2.75) is 27.0 Å². The highest BCUT2D eigenvalue weighted by molar-refractivity contribution is 4.65. The van der Waals surface area contributed by atoms with E-state index in [4.69, 9.17) is 0 Å². The molecule has 1 atom stereocenters. The molecular formula is C9H20ClNO. The minimum atomic E-state index is -0.289. The minimum Gasteiger partial charge on any atom is -1.00 e. The molecule has 0 aliphatic heterocycles. The van der Waals surface area contributed by atoms with Gasteiger partial charge < -0.3 is 17.5 Å². The Kier molecular flexibility index (Phi) is 7.80. The predicted octanol–water partition coefficient (Wildman–Crippen LogP) is -1.63. The van der Waals surface area contributed by atoms with Gasteiger partial charge in [0.05, 0.1) is 19.6 Å². The van der Waals surface area contributed by atoms with Crippen molar-refractivity contribution in [3.05, 3.63) is 12.7 Å². The third-order valence-electron chi connectivity index (χ3n) is 2.54. The lowest BCUT2D eigenvalue weighted by Gasteiger charge is -2.38. The summed E-state index contributed by atoms with van der Waals surface area (Å²) in [5, 5.41) is 9.52. The van der Waals surface area contributed by atoms with Gasteiger partial charge in [0.15, 0.2) is 6.23 Å². The van der Waals surface area contributed by atoms with Crippen molar-refractivity contribution in [2.24, 2.45) is 0 Å². The van der Waals surface area contributed by atoms with Gasteiger partial charge in [-0.15, -0.1) is 0 Å². The van der Waals surface area contributed by atoms with Gasteiger partial charge in [0.1, 0.15) is 0 Å². The Morgan fingerprint density at radius 2 is 1.83 bits per heavy atom. The zero-order valence-electron chi connectivity index (χ0n) is 8.26. The monoisotopic (exact) mass is 193 g/mol. The first-order chi connectivity index (χ1) is 5.13. The standard InChI is InChI=1S/C9H20NO.ClH/c1-5-8-10(6-2,7-3)9(4)11;/h5,9,11H,1,6-8H2,2-4H3;1H/q+1;/p-1. The predicted molar refractivity (Wildman–Crippen MR) is 48.1 cm³/mol. The van der Waals surface area contributed by atoms with Gasteiger partial charge in [0.25, 0.3) is 0 Å². The van der Waals surface area contributed by atoms with E-state index in [1.54, 1.807) is 0 Å². The highest BCUT2D eigenvalue weighted by Crippen LogP contribution is 2.10. The fraction of sp³-hybridized carbons (Fsp3) is 0.778. The van der Waals surface area contributed by atoms with Gasteiger partial charge in [-0.2, -0.15) is 0 Å². The summed E-state index contributed by atoms with van der Waals surface area (Å²) in [5.74, 6) is 0. The molecule has 0 aromatic heterocycles. The quantitative estimate of drug-likeness (QED) is 0.316. The highest BCUT2D eigenvalue weighted by atomic mass is 35.5. The molecule has 0 aromatic rings. The summed E-state index contributed by atoms with van der Waals surface area (Å²) in [6.07, 6.45) is 1.59. The topological polar surface area (TPSA) is 20.2 Å². The number of hydrogen-bond acceptors (Lipinski definition) is 1. The van der Waals surface area contributed by atoms with Crippen LogP contribution in [0.25, 0.3) is 0 Å². The number of aliphatic hydroxyl groups is 1. The van der Waals surface area contributed by atoms with E-state index >= 15 is 0 Å². The minimum absolute atomic E-state index is 0. The second kappa shape index (κ2) is 6.46. The average Bonchev–Trinajstić information content (AvgIpc) is 2.00. The molecule has 0 bridgehead atoms. The van der Waals surface area contributed by atoms with Crippen LogP contribution < -0.4 is 12.4 Å². The normalized spacial score (nSPS) is 13.3. The molecule has 0 heterocycles. The molecule has 0 aliphatic carbocycles. The van der Waals surface area contributed by atoms with Crippen molar-refractivity contribution in [1.29, 1.82) is 0 Å². The van der Waals surface area contributed by atoms with E-state index in [0.717, 1.165) is 24.1 Å². The van der Waals surface area contributed by atoms with Crippen LogP contribution in [0.4, 0.5) is 0 Å². The van der Waals surface area contributed by atoms with Crippen molar-refractivity contribution in [3.8, 4) is 0 Å². The van der Waals surface area contributed by atoms with Gasteiger partial charge in [-0.25, -0.2) is 0 Å². The number of likely N-dealkylation sites (N-methyl/N-ethyl adjacent to an activating group) is 1. The van der Waals surface area contributed by atoms with Crippen molar-refractivity contribution in [3.63, 3.8) is 0 Å². The Bertz CT molecular complexity index is 122. The number of nitrogens with zero attached hydrogens (tertiary/aromatic N) is 1. The summed E-state index contributed by atoms with van der Waals surface area (Å²) in [6, 6.07) is 0. The molecule has 0 saturated heterocycles. The van der Waals surface area contributed by atoms with Gasteiger partial charge >= 0.3 is 0 Å². The maximum atomic E-state index is 9.52. The smallest absolute Gasteiger partial charge is 0.187 e. The summed E-state index contributed by atoms with van der Waals surface area (Å²) in [7, 11) is 0. The van der Waals surface area contributed by atoms with E-state index in [1.165, 1.54) is 0 Å². The average molecular weight is 194 g/mol. The molecule has 0 spiro atoms. The highest BCUT2D eigenvalue weighted by Gasteiger charge is 2.26. The number of rotatable bonds is 5. The number of hydrogen-bond donors (Lipinski definition) is 1. The molecule has 0 radical (unpaired) electrons. The van der Waals surface area contributed by atoms with Crippen LogP contribution in [-0.4, -0.2) is 35.5 Å². The third-order valence-corrected chi connectivity index (χ3v) is 2.54.